The maximum absolute atomic E-state index is 4.93. The van der Waals surface area contributed by atoms with Gasteiger partial charge < -0.3 is 0 Å². The Morgan fingerprint density at radius 3 is 2.05 bits per heavy atom. The second-order valence-electron chi connectivity index (χ2n) is 18.7. The summed E-state index contributed by atoms with van der Waals surface area (Å²) in [7, 11) is 0. The predicted octanol–water partition coefficient (Wildman–Crippen LogP) is 14.7. The highest BCUT2D eigenvalue weighted by atomic mass is 14.3. The van der Waals surface area contributed by atoms with Gasteiger partial charge in [-0.3, -0.25) is 0 Å². The normalized spacial score (nSPS) is 17.3. The number of rotatable bonds is 5. The van der Waals surface area contributed by atoms with E-state index in [2.05, 4.69) is 194 Å². The van der Waals surface area contributed by atoms with Crippen LogP contribution in [0.25, 0.3) is 51.3 Å². The molecule has 0 aliphatic heterocycles. The number of hydrogen-bond acceptors (Lipinski definition) is 0. The molecule has 0 amide bonds. The zero-order valence-electron chi connectivity index (χ0n) is 36.6. The van der Waals surface area contributed by atoms with E-state index in [1.807, 2.05) is 0 Å². The molecule has 2 bridgehead atoms. The number of benzene rings is 4. The summed E-state index contributed by atoms with van der Waals surface area (Å²) < 4.78 is 0. The Morgan fingerprint density at radius 1 is 0.750 bits per heavy atom. The third-order valence-electron chi connectivity index (χ3n) is 12.2. The molecule has 0 N–H and O–H groups in total. The zero-order valence-corrected chi connectivity index (χ0v) is 36.6. The summed E-state index contributed by atoms with van der Waals surface area (Å²) in [4.78, 5) is 0. The second kappa shape index (κ2) is 15.5. The lowest BCUT2D eigenvalue weighted by Gasteiger charge is -2.28. The average molecular weight is 737 g/mol. The van der Waals surface area contributed by atoms with Gasteiger partial charge in [0.05, 0.1) is 0 Å². The van der Waals surface area contributed by atoms with Crippen LogP contribution in [0.3, 0.4) is 0 Å². The molecule has 1 unspecified atom stereocenters. The van der Waals surface area contributed by atoms with E-state index in [1.165, 1.54) is 94.3 Å². The first kappa shape index (κ1) is 40.7. The zero-order chi connectivity index (χ0) is 40.9. The molecular weight excluding hydrogens is 673 g/mol. The van der Waals surface area contributed by atoms with Crippen molar-refractivity contribution in [3.05, 3.63) is 169 Å². The van der Waals surface area contributed by atoms with Gasteiger partial charge in [-0.05, 0) is 171 Å². The van der Waals surface area contributed by atoms with E-state index in [9.17, 15) is 0 Å². The molecule has 0 saturated carbocycles. The Hall–Kier alpha value is -4.94. The van der Waals surface area contributed by atoms with Crippen molar-refractivity contribution < 1.29 is 0 Å². The molecule has 0 saturated heterocycles. The number of allylic oxidation sites excluding steroid dienone is 13. The fraction of sp³-hybridized carbons (Fsp3) is 0.321. The van der Waals surface area contributed by atoms with Crippen LogP contribution >= 0.6 is 0 Å². The largest absolute Gasteiger partial charge is 0.0955 e. The monoisotopic (exact) mass is 737 g/mol. The van der Waals surface area contributed by atoms with E-state index < -0.39 is 0 Å². The van der Waals surface area contributed by atoms with Crippen molar-refractivity contribution in [1.82, 2.24) is 0 Å². The highest BCUT2D eigenvalue weighted by molar-refractivity contribution is 5.95. The average Bonchev–Trinajstić information content (AvgIpc) is 3.40. The summed E-state index contributed by atoms with van der Waals surface area (Å²) in [6.07, 6.45) is 20.4. The summed E-state index contributed by atoms with van der Waals surface area (Å²) in [6, 6.07) is 19.0. The number of fused-ring (bicyclic) bond motifs is 6. The molecule has 2 aliphatic carbocycles. The van der Waals surface area contributed by atoms with E-state index in [1.54, 1.807) is 0 Å². The lowest BCUT2D eigenvalue weighted by Crippen LogP contribution is -2.25. The van der Waals surface area contributed by atoms with Crippen molar-refractivity contribution in [1.29, 1.82) is 0 Å². The van der Waals surface area contributed by atoms with Crippen LogP contribution in [0.1, 0.15) is 139 Å². The van der Waals surface area contributed by atoms with Gasteiger partial charge in [-0.2, -0.15) is 0 Å². The van der Waals surface area contributed by atoms with E-state index in [4.69, 9.17) is 6.58 Å². The molecule has 0 radical (unpaired) electrons. The molecule has 1 atom stereocenters. The minimum absolute atomic E-state index is 0.00892. The van der Waals surface area contributed by atoms with Gasteiger partial charge in [-0.25, -0.2) is 0 Å². The molecule has 4 aromatic rings. The molecule has 288 valence electrons. The van der Waals surface area contributed by atoms with Crippen molar-refractivity contribution in [2.75, 3.05) is 0 Å². The Kier molecular flexibility index (Phi) is 11.3. The molecule has 56 heavy (non-hydrogen) atoms. The van der Waals surface area contributed by atoms with Gasteiger partial charge in [0.1, 0.15) is 0 Å². The molecule has 4 aromatic carbocycles. The molecule has 0 fully saturated rings. The molecule has 0 spiro atoms. The molecule has 0 aromatic heterocycles. The van der Waals surface area contributed by atoms with E-state index in [-0.39, 0.29) is 16.7 Å². The minimum Gasteiger partial charge on any atom is -0.0955 e. The van der Waals surface area contributed by atoms with Crippen molar-refractivity contribution >= 4 is 40.1 Å². The second-order valence-corrected chi connectivity index (χ2v) is 18.7. The number of hydrogen-bond donors (Lipinski definition) is 0. The lowest BCUT2D eigenvalue weighted by molar-refractivity contribution is 0.589. The maximum atomic E-state index is 4.93. The van der Waals surface area contributed by atoms with Crippen LogP contribution in [0.2, 0.25) is 0 Å². The Balaban J connectivity index is 1.70. The van der Waals surface area contributed by atoms with Gasteiger partial charge in [0, 0.05) is 5.92 Å². The summed E-state index contributed by atoms with van der Waals surface area (Å²) in [5.41, 5.74) is 21.0. The van der Waals surface area contributed by atoms with Crippen molar-refractivity contribution in [2.24, 2.45) is 0 Å². The first-order chi connectivity index (χ1) is 26.3. The third-order valence-corrected chi connectivity index (χ3v) is 12.2. The van der Waals surface area contributed by atoms with Crippen molar-refractivity contribution in [3.63, 3.8) is 0 Å². The molecule has 0 heteroatoms. The highest BCUT2D eigenvalue weighted by Crippen LogP contribution is 2.47. The van der Waals surface area contributed by atoms with Gasteiger partial charge in [-0.1, -0.05) is 163 Å². The fourth-order valence-corrected chi connectivity index (χ4v) is 8.81. The Labute approximate surface area is 338 Å². The quantitative estimate of drug-likeness (QED) is 0.191. The molecule has 0 heterocycles. The van der Waals surface area contributed by atoms with Crippen LogP contribution in [0.4, 0.5) is 0 Å². The van der Waals surface area contributed by atoms with Gasteiger partial charge in [-0.15, -0.1) is 0 Å². The van der Waals surface area contributed by atoms with Crippen LogP contribution in [-0.4, -0.2) is 0 Å². The molecule has 6 rings (SSSR count). The predicted molar refractivity (Wildman–Crippen MR) is 251 cm³/mol. The van der Waals surface area contributed by atoms with Gasteiger partial charge in [0.2, 0.25) is 0 Å². The van der Waals surface area contributed by atoms with E-state index >= 15 is 0 Å². The molecular formula is C56H64. The molecule has 0 nitrogen and oxygen atoms in total. The summed E-state index contributed by atoms with van der Waals surface area (Å²) in [5.74, 6) is 0.124. The maximum Gasteiger partial charge on any atom is 0.0142 e. The summed E-state index contributed by atoms with van der Waals surface area (Å²) in [6.45, 7) is 39.0. The van der Waals surface area contributed by atoms with E-state index in [0.29, 0.717) is 0 Å². The van der Waals surface area contributed by atoms with Crippen molar-refractivity contribution in [2.45, 2.75) is 120 Å². The minimum atomic E-state index is 0.00892. The van der Waals surface area contributed by atoms with Crippen LogP contribution in [0, 0.1) is 13.8 Å². The smallest absolute Gasteiger partial charge is 0.0142 e. The molecule has 2 aliphatic rings. The van der Waals surface area contributed by atoms with Crippen LogP contribution in [-0.2, 0) is 10.8 Å². The van der Waals surface area contributed by atoms with Gasteiger partial charge in [0.25, 0.3) is 0 Å². The Morgan fingerprint density at radius 2 is 1.39 bits per heavy atom. The van der Waals surface area contributed by atoms with Crippen LogP contribution in [0.15, 0.2) is 114 Å². The van der Waals surface area contributed by atoms with Crippen LogP contribution < -0.4 is 10.4 Å². The summed E-state index contributed by atoms with van der Waals surface area (Å²) >= 11 is 0. The van der Waals surface area contributed by atoms with Gasteiger partial charge >= 0.3 is 0 Å². The topological polar surface area (TPSA) is 0 Å². The lowest BCUT2D eigenvalue weighted by atomic mass is 9.75. The SMILES string of the molecule is C=C(C)c1cc(C(C)(C)C)cc(/C(C)=C/C=c2/ccc3ccc4c(c3c2=C)C(C(C2=CC=CCC=C2)=C(C)C)C/C=C(\C)c2cc(C(C)(C)C)cc-4c2C)c1C. The van der Waals surface area contributed by atoms with Crippen LogP contribution in [0.5, 0.6) is 0 Å². The first-order valence-corrected chi connectivity index (χ1v) is 20.6. The highest BCUT2D eigenvalue weighted by Gasteiger charge is 2.29. The fourth-order valence-electron chi connectivity index (χ4n) is 8.81. The van der Waals surface area contributed by atoms with E-state index in [0.717, 1.165) is 28.9 Å². The summed E-state index contributed by atoms with van der Waals surface area (Å²) in [5, 5.41) is 4.74. The van der Waals surface area contributed by atoms with Gasteiger partial charge in [0.15, 0.2) is 0 Å². The Bertz CT molecular complexity index is 2560. The standard InChI is InChI=1S/C56H64/c1-34(2)48-30-44(55(10,11)12)31-49(39(48)8)36(5)22-24-41-25-26-43-27-29-46-51-33-45(56(13,14)15)32-50(40(51)9)37(6)23-28-47(54(46)53(43)38(41)7)52(35(3)4)42-20-18-16-17-19-21-42/h16,18-27,29-33,47H,1,7,17,28H2,2-6,8-15H3/b36-22+,37-23+,41-24-. The third kappa shape index (κ3) is 7.86. The van der Waals surface area contributed by atoms with Crippen molar-refractivity contribution in [3.8, 4) is 11.1 Å². The first-order valence-electron chi connectivity index (χ1n) is 20.6.